The van der Waals surface area contributed by atoms with Gasteiger partial charge in [0.15, 0.2) is 0 Å². The van der Waals surface area contributed by atoms with E-state index in [-0.39, 0.29) is 0 Å². The largest absolute Gasteiger partial charge is 0.318 e. The first-order chi connectivity index (χ1) is 8.22. The first kappa shape index (κ1) is 12.9. The standard InChI is InChI=1S/C14H21ClN2/c1-11(12-5-7-13(15)8-6-12)17-9-3-4-14(17)10-16-2/h5-8,11,14,16H,3-4,9-10H2,1-2H3. The molecule has 0 bridgehead atoms. The van der Waals surface area contributed by atoms with Crippen LogP contribution in [0.3, 0.4) is 0 Å². The molecular formula is C14H21ClN2. The number of rotatable bonds is 4. The molecule has 0 spiro atoms. The molecule has 0 amide bonds. The van der Waals surface area contributed by atoms with Crippen molar-refractivity contribution >= 4 is 11.6 Å². The molecule has 1 fully saturated rings. The van der Waals surface area contributed by atoms with E-state index in [2.05, 4.69) is 29.3 Å². The lowest BCUT2D eigenvalue weighted by atomic mass is 10.1. The quantitative estimate of drug-likeness (QED) is 0.886. The van der Waals surface area contributed by atoms with Crippen molar-refractivity contribution in [2.24, 2.45) is 0 Å². The highest BCUT2D eigenvalue weighted by molar-refractivity contribution is 6.30. The van der Waals surface area contributed by atoms with Crippen molar-refractivity contribution in [2.75, 3.05) is 20.1 Å². The Balaban J connectivity index is 2.08. The summed E-state index contributed by atoms with van der Waals surface area (Å²) in [5, 5.41) is 4.11. The van der Waals surface area contributed by atoms with Crippen LogP contribution < -0.4 is 5.32 Å². The van der Waals surface area contributed by atoms with E-state index in [4.69, 9.17) is 11.6 Å². The maximum Gasteiger partial charge on any atom is 0.0406 e. The van der Waals surface area contributed by atoms with Gasteiger partial charge in [-0.15, -0.1) is 0 Å². The van der Waals surface area contributed by atoms with E-state index in [1.807, 2.05) is 19.2 Å². The number of halogens is 1. The van der Waals surface area contributed by atoms with Crippen molar-refractivity contribution in [1.29, 1.82) is 0 Å². The smallest absolute Gasteiger partial charge is 0.0406 e. The predicted octanol–water partition coefficient (Wildman–Crippen LogP) is 3.08. The molecular weight excluding hydrogens is 232 g/mol. The van der Waals surface area contributed by atoms with Gasteiger partial charge in [-0.2, -0.15) is 0 Å². The van der Waals surface area contributed by atoms with E-state index >= 15 is 0 Å². The summed E-state index contributed by atoms with van der Waals surface area (Å²) in [7, 11) is 2.03. The second-order valence-electron chi connectivity index (χ2n) is 4.82. The lowest BCUT2D eigenvalue weighted by molar-refractivity contribution is 0.191. The van der Waals surface area contributed by atoms with Gasteiger partial charge >= 0.3 is 0 Å². The minimum atomic E-state index is 0.480. The second-order valence-corrected chi connectivity index (χ2v) is 5.26. The molecule has 0 radical (unpaired) electrons. The van der Waals surface area contributed by atoms with Crippen molar-refractivity contribution in [1.82, 2.24) is 10.2 Å². The van der Waals surface area contributed by atoms with Crippen LogP contribution in [0.1, 0.15) is 31.4 Å². The van der Waals surface area contributed by atoms with Gasteiger partial charge in [0.2, 0.25) is 0 Å². The van der Waals surface area contributed by atoms with E-state index in [9.17, 15) is 0 Å². The number of hydrogen-bond acceptors (Lipinski definition) is 2. The Labute approximate surface area is 109 Å². The van der Waals surface area contributed by atoms with Crippen molar-refractivity contribution in [3.63, 3.8) is 0 Å². The molecule has 1 aromatic rings. The molecule has 17 heavy (non-hydrogen) atoms. The highest BCUT2D eigenvalue weighted by Gasteiger charge is 2.28. The number of nitrogens with zero attached hydrogens (tertiary/aromatic N) is 1. The van der Waals surface area contributed by atoms with Gasteiger partial charge in [-0.1, -0.05) is 23.7 Å². The van der Waals surface area contributed by atoms with Crippen LogP contribution in [-0.2, 0) is 0 Å². The topological polar surface area (TPSA) is 15.3 Å². The summed E-state index contributed by atoms with van der Waals surface area (Å²) in [6.45, 7) is 4.57. The average Bonchev–Trinajstić information content (AvgIpc) is 2.78. The zero-order valence-corrected chi connectivity index (χ0v) is 11.4. The van der Waals surface area contributed by atoms with Crippen molar-refractivity contribution in [2.45, 2.75) is 31.8 Å². The number of likely N-dealkylation sites (N-methyl/N-ethyl adjacent to an activating group) is 1. The van der Waals surface area contributed by atoms with E-state index in [0.717, 1.165) is 11.6 Å². The second kappa shape index (κ2) is 5.85. The normalized spacial score (nSPS) is 22.9. The van der Waals surface area contributed by atoms with Gasteiger partial charge in [0.1, 0.15) is 0 Å². The van der Waals surface area contributed by atoms with Crippen LogP contribution >= 0.6 is 11.6 Å². The molecule has 2 unspecified atom stereocenters. The van der Waals surface area contributed by atoms with Crippen LogP contribution in [0.5, 0.6) is 0 Å². The summed E-state index contributed by atoms with van der Waals surface area (Å²) in [6, 6.07) is 9.40. The summed E-state index contributed by atoms with van der Waals surface area (Å²) >= 11 is 5.93. The lowest BCUT2D eigenvalue weighted by Gasteiger charge is -2.31. The van der Waals surface area contributed by atoms with Gasteiger partial charge in [0.25, 0.3) is 0 Å². The summed E-state index contributed by atoms with van der Waals surface area (Å²) in [4.78, 5) is 2.60. The Morgan fingerprint density at radius 1 is 1.41 bits per heavy atom. The Morgan fingerprint density at radius 2 is 2.12 bits per heavy atom. The molecule has 1 saturated heterocycles. The molecule has 1 aliphatic heterocycles. The van der Waals surface area contributed by atoms with Crippen LogP contribution in [0.2, 0.25) is 5.02 Å². The highest BCUT2D eigenvalue weighted by atomic mass is 35.5. The van der Waals surface area contributed by atoms with Gasteiger partial charge < -0.3 is 5.32 Å². The highest BCUT2D eigenvalue weighted by Crippen LogP contribution is 2.29. The molecule has 1 aromatic carbocycles. The Kier molecular flexibility index (Phi) is 4.43. The minimum Gasteiger partial charge on any atom is -0.318 e. The summed E-state index contributed by atoms with van der Waals surface area (Å²) in [6.07, 6.45) is 2.61. The zero-order valence-electron chi connectivity index (χ0n) is 10.6. The number of nitrogens with one attached hydrogen (secondary N) is 1. The van der Waals surface area contributed by atoms with Crippen LogP contribution in [-0.4, -0.2) is 31.1 Å². The summed E-state index contributed by atoms with van der Waals surface area (Å²) in [5.41, 5.74) is 1.36. The van der Waals surface area contributed by atoms with Gasteiger partial charge in [0, 0.05) is 23.7 Å². The van der Waals surface area contributed by atoms with Gasteiger partial charge in [0.05, 0.1) is 0 Å². The van der Waals surface area contributed by atoms with Crippen molar-refractivity contribution < 1.29 is 0 Å². The number of likely N-dealkylation sites (tertiary alicyclic amines) is 1. The van der Waals surface area contributed by atoms with Gasteiger partial charge in [-0.3, -0.25) is 4.90 Å². The third-order valence-corrected chi connectivity index (χ3v) is 3.96. The molecule has 1 aliphatic rings. The lowest BCUT2D eigenvalue weighted by Crippen LogP contribution is -2.38. The van der Waals surface area contributed by atoms with Crippen LogP contribution in [0.15, 0.2) is 24.3 Å². The number of hydrogen-bond donors (Lipinski definition) is 1. The molecule has 3 heteroatoms. The third kappa shape index (κ3) is 3.01. The Morgan fingerprint density at radius 3 is 2.76 bits per heavy atom. The molecule has 0 aromatic heterocycles. The molecule has 2 rings (SSSR count). The van der Waals surface area contributed by atoms with E-state index in [0.29, 0.717) is 12.1 Å². The first-order valence-corrected chi connectivity index (χ1v) is 6.76. The van der Waals surface area contributed by atoms with Gasteiger partial charge in [-0.25, -0.2) is 0 Å². The zero-order chi connectivity index (χ0) is 12.3. The first-order valence-electron chi connectivity index (χ1n) is 6.38. The fourth-order valence-electron chi connectivity index (χ4n) is 2.76. The predicted molar refractivity (Wildman–Crippen MR) is 73.5 cm³/mol. The molecule has 2 nitrogen and oxygen atoms in total. The SMILES string of the molecule is CNCC1CCCN1C(C)c1ccc(Cl)cc1. The third-order valence-electron chi connectivity index (χ3n) is 3.71. The fourth-order valence-corrected chi connectivity index (χ4v) is 2.88. The van der Waals surface area contributed by atoms with Crippen LogP contribution in [0.25, 0.3) is 0 Å². The van der Waals surface area contributed by atoms with Crippen LogP contribution in [0.4, 0.5) is 0 Å². The van der Waals surface area contributed by atoms with Crippen molar-refractivity contribution in [3.8, 4) is 0 Å². The van der Waals surface area contributed by atoms with Crippen LogP contribution in [0, 0.1) is 0 Å². The maximum absolute atomic E-state index is 5.93. The molecule has 0 aliphatic carbocycles. The molecule has 94 valence electrons. The van der Waals surface area contributed by atoms with Crippen molar-refractivity contribution in [3.05, 3.63) is 34.9 Å². The Hall–Kier alpha value is -0.570. The van der Waals surface area contributed by atoms with Gasteiger partial charge in [-0.05, 0) is 51.1 Å². The Bertz CT molecular complexity index is 350. The average molecular weight is 253 g/mol. The fraction of sp³-hybridized carbons (Fsp3) is 0.571. The van der Waals surface area contributed by atoms with E-state index in [1.165, 1.54) is 24.9 Å². The summed E-state index contributed by atoms with van der Waals surface area (Å²) < 4.78 is 0. The molecule has 2 atom stereocenters. The molecule has 1 heterocycles. The monoisotopic (exact) mass is 252 g/mol. The summed E-state index contributed by atoms with van der Waals surface area (Å²) in [5.74, 6) is 0. The number of benzene rings is 1. The minimum absolute atomic E-state index is 0.480. The molecule has 0 saturated carbocycles. The maximum atomic E-state index is 5.93. The van der Waals surface area contributed by atoms with E-state index in [1.54, 1.807) is 0 Å². The van der Waals surface area contributed by atoms with E-state index < -0.39 is 0 Å². The molecule has 1 N–H and O–H groups in total.